The molecular formula is C19H23N3O5. The second-order valence-electron chi connectivity index (χ2n) is 5.31. The van der Waals surface area contributed by atoms with Crippen LogP contribution in [0.1, 0.15) is 12.0 Å². The lowest BCUT2D eigenvalue weighted by Crippen LogP contribution is -2.24. The molecular weight excluding hydrogens is 350 g/mol. The Labute approximate surface area is 157 Å². The fraction of sp³-hybridized carbons (Fsp3) is 0.263. The summed E-state index contributed by atoms with van der Waals surface area (Å²) in [6.45, 7) is 0.863. The molecule has 27 heavy (non-hydrogen) atoms. The Hall–Kier alpha value is -3.42. The molecule has 2 aromatic carbocycles. The molecule has 8 nitrogen and oxygen atoms in total. The molecule has 144 valence electrons. The van der Waals surface area contributed by atoms with Crippen molar-refractivity contribution in [3.63, 3.8) is 0 Å². The van der Waals surface area contributed by atoms with E-state index < -0.39 is 6.03 Å². The normalized spacial score (nSPS) is 10.4. The monoisotopic (exact) mass is 373 g/mol. The predicted molar refractivity (Wildman–Crippen MR) is 102 cm³/mol. The van der Waals surface area contributed by atoms with Crippen molar-refractivity contribution >= 4 is 12.2 Å². The van der Waals surface area contributed by atoms with E-state index in [1.54, 1.807) is 32.4 Å². The summed E-state index contributed by atoms with van der Waals surface area (Å²) in [5.74, 6) is 2.45. The van der Waals surface area contributed by atoms with E-state index in [4.69, 9.17) is 24.7 Å². The number of hydrazone groups is 1. The van der Waals surface area contributed by atoms with E-state index in [9.17, 15) is 4.79 Å². The molecule has 0 aliphatic rings. The standard InChI is InChI=1S/C19H23N3O5/c1-24-15-8-3-4-9-16(15)26-11-6-12-27-18-14(13-21-22-19(20)23)7-5-10-17(18)25-2/h3-5,7-10,13H,6,11-12H2,1-2H3,(H3,20,22,23)/b21-13-. The van der Waals surface area contributed by atoms with Gasteiger partial charge in [-0.05, 0) is 24.3 Å². The van der Waals surface area contributed by atoms with Crippen LogP contribution in [0.15, 0.2) is 47.6 Å². The van der Waals surface area contributed by atoms with Gasteiger partial charge in [-0.1, -0.05) is 18.2 Å². The van der Waals surface area contributed by atoms with Crippen LogP contribution in [0, 0.1) is 0 Å². The Kier molecular flexibility index (Phi) is 7.77. The van der Waals surface area contributed by atoms with Gasteiger partial charge < -0.3 is 24.7 Å². The molecule has 3 N–H and O–H groups in total. The van der Waals surface area contributed by atoms with E-state index in [-0.39, 0.29) is 0 Å². The first-order valence-corrected chi connectivity index (χ1v) is 8.29. The number of benzene rings is 2. The average molecular weight is 373 g/mol. The maximum absolute atomic E-state index is 10.7. The van der Waals surface area contributed by atoms with Crippen molar-refractivity contribution in [2.24, 2.45) is 10.8 Å². The molecule has 0 saturated carbocycles. The second kappa shape index (κ2) is 10.5. The van der Waals surface area contributed by atoms with Crippen molar-refractivity contribution in [3.05, 3.63) is 48.0 Å². The molecule has 0 spiro atoms. The summed E-state index contributed by atoms with van der Waals surface area (Å²) in [6, 6.07) is 12.1. The molecule has 0 unspecified atom stereocenters. The van der Waals surface area contributed by atoms with Crippen molar-refractivity contribution in [3.8, 4) is 23.0 Å². The van der Waals surface area contributed by atoms with Gasteiger partial charge in [0.2, 0.25) is 0 Å². The topological polar surface area (TPSA) is 104 Å². The highest BCUT2D eigenvalue weighted by Gasteiger charge is 2.09. The van der Waals surface area contributed by atoms with Crippen molar-refractivity contribution in [2.45, 2.75) is 6.42 Å². The predicted octanol–water partition coefficient (Wildman–Crippen LogP) is 2.55. The highest BCUT2D eigenvalue weighted by Crippen LogP contribution is 2.30. The van der Waals surface area contributed by atoms with Crippen molar-refractivity contribution in [1.82, 2.24) is 5.43 Å². The van der Waals surface area contributed by atoms with Crippen LogP contribution in [0.25, 0.3) is 0 Å². The summed E-state index contributed by atoms with van der Waals surface area (Å²) in [7, 11) is 3.15. The van der Waals surface area contributed by atoms with Gasteiger partial charge in [0.25, 0.3) is 0 Å². The Morgan fingerprint density at radius 3 is 2.37 bits per heavy atom. The molecule has 0 aliphatic heterocycles. The molecule has 0 aromatic heterocycles. The third kappa shape index (κ3) is 6.10. The van der Waals surface area contributed by atoms with Crippen molar-refractivity contribution < 1.29 is 23.7 Å². The molecule has 2 amide bonds. The fourth-order valence-corrected chi connectivity index (χ4v) is 2.27. The number of rotatable bonds is 10. The summed E-state index contributed by atoms with van der Waals surface area (Å²) in [6.07, 6.45) is 2.08. The number of ether oxygens (including phenoxy) is 4. The van der Waals surface area contributed by atoms with Crippen LogP contribution in [0.5, 0.6) is 23.0 Å². The minimum Gasteiger partial charge on any atom is -0.493 e. The maximum atomic E-state index is 10.7. The number of hydrogen-bond acceptors (Lipinski definition) is 6. The van der Waals surface area contributed by atoms with Gasteiger partial charge in [-0.2, -0.15) is 5.10 Å². The van der Waals surface area contributed by atoms with Gasteiger partial charge in [-0.15, -0.1) is 0 Å². The first-order chi connectivity index (χ1) is 13.2. The maximum Gasteiger partial charge on any atom is 0.332 e. The van der Waals surface area contributed by atoms with Crippen LogP contribution in [0.2, 0.25) is 0 Å². The van der Waals surface area contributed by atoms with E-state index in [2.05, 4.69) is 10.5 Å². The van der Waals surface area contributed by atoms with Crippen molar-refractivity contribution in [2.75, 3.05) is 27.4 Å². The Morgan fingerprint density at radius 2 is 1.67 bits per heavy atom. The number of carbonyl (C=O) groups excluding carboxylic acids is 1. The van der Waals surface area contributed by atoms with Crippen LogP contribution in [-0.4, -0.2) is 39.7 Å². The molecule has 0 fully saturated rings. The minimum atomic E-state index is -0.745. The molecule has 8 heteroatoms. The van der Waals surface area contributed by atoms with Crippen LogP contribution in [0.4, 0.5) is 4.79 Å². The average Bonchev–Trinajstić information content (AvgIpc) is 2.68. The van der Waals surface area contributed by atoms with Crippen LogP contribution in [-0.2, 0) is 0 Å². The Bertz CT molecular complexity index is 780. The largest absolute Gasteiger partial charge is 0.493 e. The zero-order valence-electron chi connectivity index (χ0n) is 15.3. The zero-order chi connectivity index (χ0) is 19.5. The van der Waals surface area contributed by atoms with Gasteiger partial charge >= 0.3 is 6.03 Å². The lowest BCUT2D eigenvalue weighted by atomic mass is 10.2. The Balaban J connectivity index is 1.92. The Morgan fingerprint density at radius 1 is 1.00 bits per heavy atom. The molecule has 0 saturated heterocycles. The lowest BCUT2D eigenvalue weighted by molar-refractivity contribution is 0.234. The quantitative estimate of drug-likeness (QED) is 0.378. The minimum absolute atomic E-state index is 0.402. The molecule has 0 atom stereocenters. The summed E-state index contributed by atoms with van der Waals surface area (Å²) < 4.78 is 22.1. The highest BCUT2D eigenvalue weighted by molar-refractivity contribution is 5.86. The van der Waals surface area contributed by atoms with Gasteiger partial charge in [0.15, 0.2) is 23.0 Å². The summed E-state index contributed by atoms with van der Waals surface area (Å²) in [5.41, 5.74) is 7.78. The molecule has 0 bridgehead atoms. The fourth-order valence-electron chi connectivity index (χ4n) is 2.27. The van der Waals surface area contributed by atoms with Crippen LogP contribution < -0.4 is 30.1 Å². The number of primary amides is 1. The van der Waals surface area contributed by atoms with Crippen LogP contribution in [0.3, 0.4) is 0 Å². The zero-order valence-corrected chi connectivity index (χ0v) is 15.3. The molecule has 0 radical (unpaired) electrons. The highest BCUT2D eigenvalue weighted by atomic mass is 16.5. The summed E-state index contributed by atoms with van der Waals surface area (Å²) in [4.78, 5) is 10.7. The first-order valence-electron chi connectivity index (χ1n) is 8.29. The molecule has 0 heterocycles. The molecule has 2 aromatic rings. The third-order valence-corrected chi connectivity index (χ3v) is 3.47. The van der Waals surface area contributed by atoms with Gasteiger partial charge in [0, 0.05) is 12.0 Å². The molecule has 2 rings (SSSR count). The van der Waals surface area contributed by atoms with E-state index in [1.165, 1.54) is 6.21 Å². The number of amides is 2. The van der Waals surface area contributed by atoms with Crippen LogP contribution >= 0.6 is 0 Å². The number of para-hydroxylation sites is 3. The number of nitrogens with zero attached hydrogens (tertiary/aromatic N) is 1. The summed E-state index contributed by atoms with van der Waals surface area (Å²) in [5, 5.41) is 3.76. The van der Waals surface area contributed by atoms with Gasteiger partial charge in [-0.25, -0.2) is 10.2 Å². The smallest absolute Gasteiger partial charge is 0.332 e. The van der Waals surface area contributed by atoms with E-state index in [1.807, 2.05) is 24.3 Å². The van der Waals surface area contributed by atoms with Gasteiger partial charge in [-0.3, -0.25) is 0 Å². The van der Waals surface area contributed by atoms with E-state index >= 15 is 0 Å². The van der Waals surface area contributed by atoms with Crippen molar-refractivity contribution in [1.29, 1.82) is 0 Å². The SMILES string of the molecule is COc1ccccc1OCCCOc1c(/C=N\NC(N)=O)cccc1OC. The number of carbonyl (C=O) groups is 1. The second-order valence-corrected chi connectivity index (χ2v) is 5.31. The van der Waals surface area contributed by atoms with E-state index in [0.29, 0.717) is 48.2 Å². The number of urea groups is 1. The van der Waals surface area contributed by atoms with E-state index in [0.717, 1.165) is 0 Å². The summed E-state index contributed by atoms with van der Waals surface area (Å²) >= 11 is 0. The first kappa shape index (κ1) is 19.9. The number of hydrogen-bond donors (Lipinski definition) is 2. The lowest BCUT2D eigenvalue weighted by Gasteiger charge is -2.14. The number of nitrogens with one attached hydrogen (secondary N) is 1. The van der Waals surface area contributed by atoms with Gasteiger partial charge in [0.05, 0.1) is 33.6 Å². The van der Waals surface area contributed by atoms with Gasteiger partial charge in [0.1, 0.15) is 0 Å². The third-order valence-electron chi connectivity index (χ3n) is 3.47. The number of methoxy groups -OCH3 is 2. The molecule has 0 aliphatic carbocycles. The number of nitrogens with two attached hydrogens (primary N) is 1.